The van der Waals surface area contributed by atoms with Crippen LogP contribution in [0.4, 0.5) is 34.1 Å². The molecule has 12 nitrogen and oxygen atoms in total. The Bertz CT molecular complexity index is 3830. The molecule has 428 valence electrons. The number of hydrogen-bond acceptors (Lipinski definition) is 12. The van der Waals surface area contributed by atoms with Crippen LogP contribution in [0.15, 0.2) is 273 Å². The molecule has 0 saturated heterocycles. The third kappa shape index (κ3) is 18.8. The molecule has 10 aromatic carbocycles. The summed E-state index contributed by atoms with van der Waals surface area (Å²) in [6.45, 7) is 0. The number of anilines is 6. The molecule has 0 fully saturated rings. The lowest BCUT2D eigenvalue weighted by Gasteiger charge is -2.14. The number of hydrogen-bond donors (Lipinski definition) is 5. The Kier molecular flexibility index (Phi) is 23.5. The maximum Gasteiger partial charge on any atom is 0.211 e. The van der Waals surface area contributed by atoms with Gasteiger partial charge < -0.3 is 41.0 Å². The number of ether oxygens (including phenoxy) is 2. The van der Waals surface area contributed by atoms with Gasteiger partial charge in [-0.1, -0.05) is 121 Å². The van der Waals surface area contributed by atoms with Crippen molar-refractivity contribution in [1.29, 1.82) is 0 Å². The molecule has 0 radical (unpaired) electrons. The van der Waals surface area contributed by atoms with E-state index in [2.05, 4.69) is 42.5 Å². The minimum absolute atomic E-state index is 0.0541. The van der Waals surface area contributed by atoms with Gasteiger partial charge in [0.15, 0.2) is 11.6 Å². The first-order valence-corrected chi connectivity index (χ1v) is 27.6. The molecular weight excluding hydrogens is 1050 g/mol. The highest BCUT2D eigenvalue weighted by Crippen LogP contribution is 2.29. The second-order valence-corrected chi connectivity index (χ2v) is 19.0. The molecule has 0 amide bonds. The summed E-state index contributed by atoms with van der Waals surface area (Å²) >= 11 is 0. The number of nitrogens with one attached hydrogen (secondary N) is 5. The van der Waals surface area contributed by atoms with Crippen LogP contribution in [0.1, 0.15) is 47.9 Å². The lowest BCUT2D eigenvalue weighted by atomic mass is 10.00. The van der Waals surface area contributed by atoms with Crippen LogP contribution < -0.4 is 41.0 Å². The smallest absolute Gasteiger partial charge is 0.211 e. The Labute approximate surface area is 499 Å². The zero-order valence-corrected chi connectivity index (χ0v) is 48.9. The molecule has 12 heteroatoms. The summed E-state index contributed by atoms with van der Waals surface area (Å²) in [7, 11) is 13.4. The van der Waals surface area contributed by atoms with Crippen LogP contribution in [0.2, 0.25) is 0 Å². The van der Waals surface area contributed by atoms with Gasteiger partial charge >= 0.3 is 0 Å². The molecule has 11 rings (SSSR count). The normalized spacial score (nSPS) is 9.96. The first-order chi connectivity index (χ1) is 41.5. The van der Waals surface area contributed by atoms with Crippen LogP contribution in [-0.2, 0) is 0 Å². The number of fused-ring (bicyclic) bond motifs is 1. The number of para-hydroxylation sites is 3. The quantitative estimate of drug-likeness (QED) is 0.0587. The molecule has 1 aromatic heterocycles. The predicted molar refractivity (Wildman–Crippen MR) is 352 cm³/mol. The van der Waals surface area contributed by atoms with Crippen LogP contribution in [0.3, 0.4) is 0 Å². The number of carbonyl (C=O) groups is 3. The van der Waals surface area contributed by atoms with Crippen molar-refractivity contribution >= 4 is 62.2 Å². The Hall–Kier alpha value is -11.0. The average Bonchev–Trinajstić information content (AvgIpc) is 3.58. The van der Waals surface area contributed by atoms with E-state index in [1.54, 1.807) is 24.4 Å². The molecular formula is C73H71N7O5. The van der Waals surface area contributed by atoms with Gasteiger partial charge in [0, 0.05) is 118 Å². The third-order valence-electron chi connectivity index (χ3n) is 13.1. The van der Waals surface area contributed by atoms with Crippen molar-refractivity contribution in [2.24, 2.45) is 0 Å². The maximum absolute atomic E-state index is 12.5. The number of nitrogens with zero attached hydrogens (tertiary/aromatic N) is 2. The van der Waals surface area contributed by atoms with Gasteiger partial charge in [0.25, 0.3) is 0 Å². The highest BCUT2D eigenvalue weighted by molar-refractivity contribution is 6.11. The molecule has 0 saturated carbocycles. The van der Waals surface area contributed by atoms with E-state index < -0.39 is 0 Å². The first-order valence-electron chi connectivity index (χ1n) is 27.6. The van der Waals surface area contributed by atoms with Gasteiger partial charge in [0.1, 0.15) is 28.7 Å². The number of benzene rings is 10. The average molecular weight is 1130 g/mol. The number of aromatic nitrogens is 1. The molecule has 0 aliphatic carbocycles. The number of ketones is 3. The number of rotatable bonds is 16. The van der Waals surface area contributed by atoms with Gasteiger partial charge in [-0.15, -0.1) is 0 Å². The predicted octanol–water partition coefficient (Wildman–Crippen LogP) is 16.5. The molecule has 0 unspecified atom stereocenters. The monoisotopic (exact) mass is 1130 g/mol. The maximum atomic E-state index is 12.5. The molecule has 0 aliphatic rings. The van der Waals surface area contributed by atoms with Crippen LogP contribution in [0, 0.1) is 0 Å². The highest BCUT2D eigenvalue weighted by Gasteiger charge is 2.12. The van der Waals surface area contributed by atoms with Crippen molar-refractivity contribution in [3.05, 3.63) is 307 Å². The minimum atomic E-state index is -0.0577. The lowest BCUT2D eigenvalue weighted by Crippen LogP contribution is -2.08. The summed E-state index contributed by atoms with van der Waals surface area (Å²) in [6, 6.07) is 84.4. The molecule has 0 atom stereocenters. The number of carbonyl (C=O) groups excluding carboxylic acids is 3. The zero-order valence-electron chi connectivity index (χ0n) is 48.9. The van der Waals surface area contributed by atoms with Crippen molar-refractivity contribution in [1.82, 2.24) is 4.98 Å². The molecule has 85 heavy (non-hydrogen) atoms. The Morgan fingerprint density at radius 3 is 1.40 bits per heavy atom. The van der Waals surface area contributed by atoms with Crippen molar-refractivity contribution in [2.45, 2.75) is 0 Å². The highest BCUT2D eigenvalue weighted by atomic mass is 16.5. The van der Waals surface area contributed by atoms with E-state index in [0.29, 0.717) is 22.4 Å². The molecule has 5 N–H and O–H groups in total. The van der Waals surface area contributed by atoms with Crippen LogP contribution in [0.25, 0.3) is 10.8 Å². The Balaban J connectivity index is 0.000000153. The van der Waals surface area contributed by atoms with Gasteiger partial charge in [0.05, 0.1) is 5.69 Å². The van der Waals surface area contributed by atoms with E-state index in [1.807, 2.05) is 292 Å². The van der Waals surface area contributed by atoms with Crippen LogP contribution >= 0.6 is 0 Å². The SMILES string of the molecule is CNc1ccc(C(=O)c2ccc3ccccc3c2)cc1.CNc1ccc(C(=O)c2ccccc2)cc1.CNc1ccc(Oc2cccc(N(C)C)c2)cc1.CNc1cccc(C(=O)c2ccccn2)c1.CNc1ccccc1Oc1ccccc1. The van der Waals surface area contributed by atoms with E-state index in [1.165, 1.54) is 0 Å². The zero-order chi connectivity index (χ0) is 60.2. The fourth-order valence-corrected chi connectivity index (χ4v) is 8.32. The summed E-state index contributed by atoms with van der Waals surface area (Å²) < 4.78 is 11.6. The molecule has 1 heterocycles. The third-order valence-corrected chi connectivity index (χ3v) is 13.1. The molecule has 0 bridgehead atoms. The first kappa shape index (κ1) is 61.6. The lowest BCUT2D eigenvalue weighted by molar-refractivity contribution is 0.102. The summed E-state index contributed by atoms with van der Waals surface area (Å²) in [5, 5.41) is 17.5. The second kappa shape index (κ2) is 32.5. The van der Waals surface area contributed by atoms with E-state index in [4.69, 9.17) is 9.47 Å². The van der Waals surface area contributed by atoms with Gasteiger partial charge in [-0.05, 0) is 150 Å². The van der Waals surface area contributed by atoms with Crippen LogP contribution in [0.5, 0.6) is 23.0 Å². The number of pyridine rings is 1. The van der Waals surface area contributed by atoms with Crippen molar-refractivity contribution in [3.63, 3.8) is 0 Å². The van der Waals surface area contributed by atoms with Crippen molar-refractivity contribution < 1.29 is 23.9 Å². The van der Waals surface area contributed by atoms with Crippen molar-refractivity contribution in [3.8, 4) is 23.0 Å². The molecule has 11 aromatic rings. The van der Waals surface area contributed by atoms with Gasteiger partial charge in [-0.3, -0.25) is 19.4 Å². The molecule has 0 spiro atoms. The second-order valence-electron chi connectivity index (χ2n) is 19.0. The summed E-state index contributed by atoms with van der Waals surface area (Å²) in [4.78, 5) is 42.6. The van der Waals surface area contributed by atoms with Gasteiger partial charge in [0.2, 0.25) is 5.78 Å². The largest absolute Gasteiger partial charge is 0.457 e. The van der Waals surface area contributed by atoms with Crippen LogP contribution in [-0.4, -0.2) is 71.7 Å². The van der Waals surface area contributed by atoms with Crippen molar-refractivity contribution in [2.75, 3.05) is 80.8 Å². The van der Waals surface area contributed by atoms with Gasteiger partial charge in [-0.2, -0.15) is 0 Å². The Morgan fingerprint density at radius 1 is 0.341 bits per heavy atom. The summed E-state index contributed by atoms with van der Waals surface area (Å²) in [5.74, 6) is 3.43. The summed E-state index contributed by atoms with van der Waals surface area (Å²) in [5.41, 5.74) is 10.1. The fourth-order valence-electron chi connectivity index (χ4n) is 8.32. The standard InChI is InChI=1S/C18H15NO.C15H18N2O.C14H13NO.C13H12N2O.C13H13NO/c1-19-17-10-8-14(9-11-17)18(20)16-7-6-13-4-2-3-5-15(13)12-16;1-16-12-7-9-14(10-8-12)18-15-6-4-5-13(11-15)17(2)3;1-15-13-9-7-12(8-10-13)14(16)11-5-3-2-4-6-11;1-14-11-6-4-5-10(9-11)13(16)12-7-2-3-8-15-12;1-14-12-9-5-6-10-13(12)15-11-7-3-2-4-8-11/h2-12,19H,1H3;4-11,16H,1-3H3;2-10,15H,1H3;2-9,14H,1H3;2-10,14H,1H3. The van der Waals surface area contributed by atoms with Gasteiger partial charge in [-0.25, -0.2) is 0 Å². The van der Waals surface area contributed by atoms with E-state index in [9.17, 15) is 14.4 Å². The van der Waals surface area contributed by atoms with E-state index in [0.717, 1.165) is 79.0 Å². The molecule has 0 aliphatic heterocycles. The topological polar surface area (TPSA) is 146 Å². The van der Waals surface area contributed by atoms with E-state index in [-0.39, 0.29) is 17.3 Å². The fraction of sp³-hybridized carbons (Fsp3) is 0.0959. The summed E-state index contributed by atoms with van der Waals surface area (Å²) in [6.07, 6.45) is 1.62. The van der Waals surface area contributed by atoms with E-state index >= 15 is 0 Å². The minimum Gasteiger partial charge on any atom is -0.457 e. The Morgan fingerprint density at radius 2 is 0.812 bits per heavy atom.